The van der Waals surface area contributed by atoms with Crippen molar-refractivity contribution >= 4 is 24.0 Å². The predicted octanol–water partition coefficient (Wildman–Crippen LogP) is 2.38. The number of halogens is 1. The quantitative estimate of drug-likeness (QED) is 0.746. The van der Waals surface area contributed by atoms with E-state index >= 15 is 0 Å². The van der Waals surface area contributed by atoms with Crippen LogP contribution in [0.2, 0.25) is 0 Å². The maximum atomic E-state index is 3.38. The van der Waals surface area contributed by atoms with Gasteiger partial charge in [-0.2, -0.15) is 0 Å². The van der Waals surface area contributed by atoms with Gasteiger partial charge in [0.05, 0.1) is 0 Å². The second-order valence-electron chi connectivity index (χ2n) is 4.89. The van der Waals surface area contributed by atoms with Gasteiger partial charge in [0.15, 0.2) is 0 Å². The number of nitrogens with zero attached hydrogens (tertiary/aromatic N) is 1. The number of nitrogens with one attached hydrogen (secondary N) is 1. The van der Waals surface area contributed by atoms with Crippen molar-refractivity contribution in [3.05, 3.63) is 23.9 Å². The number of allylic oxidation sites excluding steroid dienone is 3. The summed E-state index contributed by atoms with van der Waals surface area (Å²) in [6.45, 7) is 9.11. The Morgan fingerprint density at radius 2 is 1.93 bits per heavy atom. The second-order valence-corrected chi connectivity index (χ2v) is 4.89. The highest BCUT2D eigenvalue weighted by Gasteiger charge is 2.19. The third-order valence-corrected chi connectivity index (χ3v) is 3.02. The van der Waals surface area contributed by atoms with E-state index in [0.29, 0.717) is 5.41 Å². The number of hydrogen-bond donors (Lipinski definition) is 1. The lowest BCUT2D eigenvalue weighted by Crippen LogP contribution is -2.42. The average Bonchev–Trinajstić information content (AvgIpc) is 2.19. The summed E-state index contributed by atoms with van der Waals surface area (Å²) in [5.74, 6) is 0. The van der Waals surface area contributed by atoms with Crippen molar-refractivity contribution in [2.75, 3.05) is 26.2 Å². The van der Waals surface area contributed by atoms with Crippen LogP contribution in [0.15, 0.2) is 23.9 Å². The third kappa shape index (κ3) is 3.48. The third-order valence-electron chi connectivity index (χ3n) is 3.02. The van der Waals surface area contributed by atoms with E-state index in [2.05, 4.69) is 42.3 Å². The molecule has 1 fully saturated rings. The molecule has 2 rings (SSSR count). The van der Waals surface area contributed by atoms with E-state index in [1.54, 1.807) is 0 Å². The Morgan fingerprint density at radius 3 is 2.47 bits per heavy atom. The van der Waals surface area contributed by atoms with E-state index in [1.807, 2.05) is 0 Å². The number of piperazine rings is 1. The number of hydrogen-bond acceptors (Lipinski definition) is 2. The van der Waals surface area contributed by atoms with Crippen LogP contribution in [0.1, 0.15) is 20.3 Å². The molecule has 1 heterocycles. The largest absolute Gasteiger partial charge is 0.369 e. The Morgan fingerprint density at radius 1 is 1.27 bits per heavy atom. The first kappa shape index (κ1) is 13.0. The van der Waals surface area contributed by atoms with Gasteiger partial charge in [-0.1, -0.05) is 26.0 Å². The lowest BCUT2D eigenvalue weighted by molar-refractivity contribution is 0.301. The number of rotatable bonds is 1. The van der Waals surface area contributed by atoms with Crippen LogP contribution in [0.3, 0.4) is 0 Å². The van der Waals surface area contributed by atoms with Gasteiger partial charge in [-0.05, 0) is 17.9 Å². The molecule has 0 amide bonds. The first-order valence-electron chi connectivity index (χ1n) is 5.52. The summed E-state index contributed by atoms with van der Waals surface area (Å²) in [6, 6.07) is 0. The zero-order valence-electron chi connectivity index (χ0n) is 9.62. The minimum Gasteiger partial charge on any atom is -0.369 e. The molecule has 86 valence electrons. The topological polar surface area (TPSA) is 15.3 Å². The van der Waals surface area contributed by atoms with Crippen LogP contribution in [0.25, 0.3) is 0 Å². The summed E-state index contributed by atoms with van der Waals surface area (Å²) in [4.78, 5) is 2.47. The van der Waals surface area contributed by atoms with E-state index < -0.39 is 0 Å². The van der Waals surface area contributed by atoms with Crippen molar-refractivity contribution in [1.29, 1.82) is 0 Å². The molecule has 0 atom stereocenters. The molecule has 15 heavy (non-hydrogen) atoms. The van der Waals surface area contributed by atoms with Crippen LogP contribution in [-0.2, 0) is 0 Å². The molecule has 1 aliphatic heterocycles. The summed E-state index contributed by atoms with van der Waals surface area (Å²) in [5.41, 5.74) is 1.78. The minimum atomic E-state index is 0. The Kier molecular flexibility index (Phi) is 4.64. The fraction of sp³-hybridized carbons (Fsp3) is 0.667. The molecule has 0 unspecified atom stereocenters. The van der Waals surface area contributed by atoms with Crippen molar-refractivity contribution < 1.29 is 0 Å². The zero-order valence-corrected chi connectivity index (χ0v) is 12.0. The zero-order chi connectivity index (χ0) is 10.0. The highest BCUT2D eigenvalue weighted by Crippen LogP contribution is 2.29. The average molecular weight is 320 g/mol. The van der Waals surface area contributed by atoms with Crippen LogP contribution in [0, 0.1) is 5.41 Å². The van der Waals surface area contributed by atoms with Gasteiger partial charge in [-0.3, -0.25) is 0 Å². The van der Waals surface area contributed by atoms with Gasteiger partial charge >= 0.3 is 0 Å². The summed E-state index contributed by atoms with van der Waals surface area (Å²) < 4.78 is 0. The van der Waals surface area contributed by atoms with Gasteiger partial charge in [0.1, 0.15) is 0 Å². The molecule has 0 spiro atoms. The van der Waals surface area contributed by atoms with E-state index in [1.165, 1.54) is 12.1 Å². The first-order valence-corrected chi connectivity index (χ1v) is 5.52. The van der Waals surface area contributed by atoms with E-state index in [9.17, 15) is 0 Å². The monoisotopic (exact) mass is 320 g/mol. The maximum absolute atomic E-state index is 3.38. The van der Waals surface area contributed by atoms with Crippen molar-refractivity contribution in [1.82, 2.24) is 10.2 Å². The van der Waals surface area contributed by atoms with Crippen molar-refractivity contribution in [2.45, 2.75) is 20.3 Å². The minimum absolute atomic E-state index is 0. The van der Waals surface area contributed by atoms with E-state index in [-0.39, 0.29) is 24.0 Å². The lowest BCUT2D eigenvalue weighted by atomic mass is 9.85. The van der Waals surface area contributed by atoms with Gasteiger partial charge in [0.25, 0.3) is 0 Å². The molecule has 1 N–H and O–H groups in total. The molecule has 0 radical (unpaired) electrons. The van der Waals surface area contributed by atoms with Crippen molar-refractivity contribution in [3.8, 4) is 0 Å². The molecule has 1 aliphatic carbocycles. The molecule has 1 saturated heterocycles. The summed E-state index contributed by atoms with van der Waals surface area (Å²) in [5, 5.41) is 3.38. The standard InChI is InChI=1S/C12H20N2.HI/c1-12(2)5-3-11(4-6-12)14-9-7-13-8-10-14;/h3-5,13H,6-10H2,1-2H3;1H. The van der Waals surface area contributed by atoms with Gasteiger partial charge < -0.3 is 10.2 Å². The Hall–Kier alpha value is -0.0300. The van der Waals surface area contributed by atoms with Crippen LogP contribution >= 0.6 is 24.0 Å². The van der Waals surface area contributed by atoms with Crippen LogP contribution in [-0.4, -0.2) is 31.1 Å². The SMILES string of the molecule is CC1(C)C=CC(N2CCNCC2)=CC1.I. The highest BCUT2D eigenvalue weighted by atomic mass is 127. The maximum Gasteiger partial charge on any atom is 0.0323 e. The normalized spacial score (nSPS) is 24.4. The Balaban J connectivity index is 0.00000112. The molecular formula is C12H21IN2. The van der Waals surface area contributed by atoms with Crippen LogP contribution < -0.4 is 5.32 Å². The molecular weight excluding hydrogens is 299 g/mol. The molecule has 0 saturated carbocycles. The summed E-state index contributed by atoms with van der Waals surface area (Å²) in [6.07, 6.45) is 8.17. The van der Waals surface area contributed by atoms with Crippen LogP contribution in [0.5, 0.6) is 0 Å². The van der Waals surface area contributed by atoms with Crippen molar-refractivity contribution in [2.24, 2.45) is 5.41 Å². The molecule has 0 bridgehead atoms. The smallest absolute Gasteiger partial charge is 0.0323 e. The molecule has 0 aromatic heterocycles. The molecule has 3 heteroatoms. The van der Waals surface area contributed by atoms with Gasteiger partial charge in [0, 0.05) is 31.9 Å². The predicted molar refractivity (Wildman–Crippen MR) is 75.5 cm³/mol. The van der Waals surface area contributed by atoms with Crippen molar-refractivity contribution in [3.63, 3.8) is 0 Å². The van der Waals surface area contributed by atoms with Crippen LogP contribution in [0.4, 0.5) is 0 Å². The molecule has 0 aromatic rings. The molecule has 2 aliphatic rings. The van der Waals surface area contributed by atoms with Gasteiger partial charge in [-0.25, -0.2) is 0 Å². The van der Waals surface area contributed by atoms with Gasteiger partial charge in [0.2, 0.25) is 0 Å². The fourth-order valence-corrected chi connectivity index (χ4v) is 1.97. The second kappa shape index (κ2) is 5.34. The Labute approximate surface area is 110 Å². The molecule has 2 nitrogen and oxygen atoms in total. The summed E-state index contributed by atoms with van der Waals surface area (Å²) >= 11 is 0. The fourth-order valence-electron chi connectivity index (χ4n) is 1.97. The summed E-state index contributed by atoms with van der Waals surface area (Å²) in [7, 11) is 0. The molecule has 0 aromatic carbocycles. The van der Waals surface area contributed by atoms with E-state index in [4.69, 9.17) is 0 Å². The highest BCUT2D eigenvalue weighted by molar-refractivity contribution is 14.0. The van der Waals surface area contributed by atoms with Gasteiger partial charge in [-0.15, -0.1) is 24.0 Å². The first-order chi connectivity index (χ1) is 6.67. The lowest BCUT2D eigenvalue weighted by Gasteiger charge is -2.33. The van der Waals surface area contributed by atoms with E-state index in [0.717, 1.165) is 26.2 Å². The Bertz CT molecular complexity index is 263.